The fourth-order valence-corrected chi connectivity index (χ4v) is 2.63. The highest BCUT2D eigenvalue weighted by Crippen LogP contribution is 2.18. The predicted molar refractivity (Wildman–Crippen MR) is 84.0 cm³/mol. The Balaban J connectivity index is 1.47. The number of nitrogens with zero attached hydrogens (tertiary/aromatic N) is 2. The molecule has 4 N–H and O–H groups in total. The van der Waals surface area contributed by atoms with Crippen LogP contribution in [-0.2, 0) is 4.79 Å². The van der Waals surface area contributed by atoms with E-state index in [9.17, 15) is 4.79 Å². The quantitative estimate of drug-likeness (QED) is 0.465. The number of furan rings is 1. The third kappa shape index (κ3) is 3.98. The summed E-state index contributed by atoms with van der Waals surface area (Å²) in [5, 5.41) is 23.0. The van der Waals surface area contributed by atoms with Crippen LogP contribution in [0.2, 0.25) is 0 Å². The molecule has 2 atom stereocenters. The van der Waals surface area contributed by atoms with Crippen LogP contribution in [0.1, 0.15) is 12.2 Å². The minimum Gasteiger partial charge on any atom is -0.481 e. The van der Waals surface area contributed by atoms with Crippen molar-refractivity contribution in [1.29, 1.82) is 0 Å². The summed E-state index contributed by atoms with van der Waals surface area (Å²) in [6.07, 6.45) is 3.93. The summed E-state index contributed by atoms with van der Waals surface area (Å²) in [6.45, 7) is 1.97. The Bertz CT molecular complexity index is 664. The van der Waals surface area contributed by atoms with Crippen LogP contribution in [0.3, 0.4) is 0 Å². The van der Waals surface area contributed by atoms with E-state index < -0.39 is 5.97 Å². The van der Waals surface area contributed by atoms with Crippen molar-refractivity contribution < 1.29 is 14.3 Å². The lowest BCUT2D eigenvalue weighted by Gasteiger charge is -2.27. The maximum atomic E-state index is 11.0. The highest BCUT2D eigenvalue weighted by atomic mass is 16.4. The SMILES string of the molecule is O=C(O)[C@H]1CNC[C@@H](CN/N=C/c2ccc(-c3ccn[nH]3)o2)C1. The summed E-state index contributed by atoms with van der Waals surface area (Å²) in [6, 6.07) is 5.49. The van der Waals surface area contributed by atoms with Gasteiger partial charge >= 0.3 is 5.97 Å². The molecule has 122 valence electrons. The summed E-state index contributed by atoms with van der Waals surface area (Å²) in [7, 11) is 0. The normalized spacial score (nSPS) is 21.6. The number of carboxylic acids is 1. The molecule has 3 rings (SSSR count). The fraction of sp³-hybridized carbons (Fsp3) is 0.400. The molecule has 0 spiro atoms. The summed E-state index contributed by atoms with van der Waals surface area (Å²) in [5.41, 5.74) is 3.77. The van der Waals surface area contributed by atoms with Gasteiger partial charge in [0.05, 0.1) is 12.1 Å². The lowest BCUT2D eigenvalue weighted by Crippen LogP contribution is -2.42. The molecule has 1 fully saturated rings. The van der Waals surface area contributed by atoms with E-state index in [-0.39, 0.29) is 11.8 Å². The third-order valence-electron chi connectivity index (χ3n) is 3.85. The number of aromatic nitrogens is 2. The molecule has 0 aliphatic carbocycles. The Morgan fingerprint density at radius 1 is 1.48 bits per heavy atom. The monoisotopic (exact) mass is 317 g/mol. The molecule has 0 amide bonds. The molecule has 1 aliphatic rings. The van der Waals surface area contributed by atoms with Gasteiger partial charge in [0.2, 0.25) is 0 Å². The molecule has 0 bridgehead atoms. The van der Waals surface area contributed by atoms with E-state index in [4.69, 9.17) is 9.52 Å². The molecule has 8 nitrogen and oxygen atoms in total. The van der Waals surface area contributed by atoms with Gasteiger partial charge in [0.15, 0.2) is 5.76 Å². The van der Waals surface area contributed by atoms with Crippen LogP contribution < -0.4 is 10.7 Å². The van der Waals surface area contributed by atoms with Crippen molar-refractivity contribution >= 4 is 12.2 Å². The molecular formula is C15H19N5O3. The highest BCUT2D eigenvalue weighted by Gasteiger charge is 2.26. The highest BCUT2D eigenvalue weighted by molar-refractivity contribution is 5.76. The minimum atomic E-state index is -0.743. The van der Waals surface area contributed by atoms with Crippen molar-refractivity contribution in [2.75, 3.05) is 19.6 Å². The van der Waals surface area contributed by atoms with Gasteiger partial charge in [-0.15, -0.1) is 0 Å². The summed E-state index contributed by atoms with van der Waals surface area (Å²) >= 11 is 0. The summed E-state index contributed by atoms with van der Waals surface area (Å²) < 4.78 is 5.62. The van der Waals surface area contributed by atoms with E-state index in [0.717, 1.165) is 12.2 Å². The second kappa shape index (κ2) is 7.10. The van der Waals surface area contributed by atoms with Crippen molar-refractivity contribution in [3.05, 3.63) is 30.2 Å². The maximum Gasteiger partial charge on any atom is 0.307 e. The first-order valence-electron chi connectivity index (χ1n) is 7.51. The van der Waals surface area contributed by atoms with Gasteiger partial charge in [0, 0.05) is 19.3 Å². The first kappa shape index (κ1) is 15.3. The number of hydrogen-bond donors (Lipinski definition) is 4. The second-order valence-electron chi connectivity index (χ2n) is 5.59. The van der Waals surface area contributed by atoms with Crippen molar-refractivity contribution in [2.24, 2.45) is 16.9 Å². The van der Waals surface area contributed by atoms with Gasteiger partial charge in [-0.3, -0.25) is 9.89 Å². The molecule has 8 heteroatoms. The number of hydrogen-bond acceptors (Lipinski definition) is 6. The molecular weight excluding hydrogens is 298 g/mol. The molecule has 3 heterocycles. The number of rotatable bonds is 6. The van der Waals surface area contributed by atoms with Crippen LogP contribution >= 0.6 is 0 Å². The standard InChI is InChI=1S/C15H19N5O3/c21-15(22)11-5-10(6-16-8-11)7-18-19-9-12-1-2-14(23-12)13-3-4-17-20-13/h1-4,9-11,16,18H,5-8H2,(H,17,20)(H,21,22)/b19-9+/t10-,11+/m0/s1. The van der Waals surface area contributed by atoms with Gasteiger partial charge in [0.25, 0.3) is 0 Å². The predicted octanol–water partition coefficient (Wildman–Crippen LogP) is 0.904. The van der Waals surface area contributed by atoms with Gasteiger partial charge < -0.3 is 20.3 Å². The number of nitrogens with one attached hydrogen (secondary N) is 3. The zero-order chi connectivity index (χ0) is 16.1. The smallest absolute Gasteiger partial charge is 0.307 e. The molecule has 1 saturated heterocycles. The number of H-pyrrole nitrogens is 1. The van der Waals surface area contributed by atoms with E-state index in [0.29, 0.717) is 31.0 Å². The van der Waals surface area contributed by atoms with Crippen molar-refractivity contribution in [3.8, 4) is 11.5 Å². The first-order valence-corrected chi connectivity index (χ1v) is 7.51. The van der Waals surface area contributed by atoms with Gasteiger partial charge in [-0.25, -0.2) is 0 Å². The van der Waals surface area contributed by atoms with E-state index in [1.807, 2.05) is 18.2 Å². The van der Waals surface area contributed by atoms with Crippen LogP contribution in [0, 0.1) is 11.8 Å². The average Bonchev–Trinajstić information content (AvgIpc) is 3.23. The maximum absolute atomic E-state index is 11.0. The molecule has 23 heavy (non-hydrogen) atoms. The van der Waals surface area contributed by atoms with Crippen LogP contribution in [-0.4, -0.2) is 47.1 Å². The van der Waals surface area contributed by atoms with Gasteiger partial charge in [-0.05, 0) is 37.1 Å². The van der Waals surface area contributed by atoms with Gasteiger partial charge in [0.1, 0.15) is 11.5 Å². The van der Waals surface area contributed by atoms with Crippen molar-refractivity contribution in [3.63, 3.8) is 0 Å². The van der Waals surface area contributed by atoms with E-state index >= 15 is 0 Å². The molecule has 1 aliphatic heterocycles. The average molecular weight is 317 g/mol. The number of carboxylic acid groups (broad SMARTS) is 1. The first-order chi connectivity index (χ1) is 11.2. The van der Waals surface area contributed by atoms with Crippen LogP contribution in [0.5, 0.6) is 0 Å². The number of aliphatic carboxylic acids is 1. The summed E-state index contributed by atoms with van der Waals surface area (Å²) in [5.74, 6) is 0.519. The number of piperidine rings is 1. The van der Waals surface area contributed by atoms with E-state index in [1.54, 1.807) is 12.4 Å². The largest absolute Gasteiger partial charge is 0.481 e. The van der Waals surface area contributed by atoms with Crippen LogP contribution in [0.25, 0.3) is 11.5 Å². The zero-order valence-corrected chi connectivity index (χ0v) is 12.5. The number of carbonyl (C=O) groups is 1. The van der Waals surface area contributed by atoms with Crippen molar-refractivity contribution in [2.45, 2.75) is 6.42 Å². The van der Waals surface area contributed by atoms with Crippen LogP contribution in [0.4, 0.5) is 0 Å². The third-order valence-corrected chi connectivity index (χ3v) is 3.85. The molecule has 0 radical (unpaired) electrons. The molecule has 2 aromatic heterocycles. The Kier molecular flexibility index (Phi) is 4.72. The minimum absolute atomic E-state index is 0.249. The lowest BCUT2D eigenvalue weighted by atomic mass is 9.91. The van der Waals surface area contributed by atoms with Gasteiger partial charge in [-0.2, -0.15) is 10.2 Å². The zero-order valence-electron chi connectivity index (χ0n) is 12.5. The molecule has 0 saturated carbocycles. The fourth-order valence-electron chi connectivity index (χ4n) is 2.63. The second-order valence-corrected chi connectivity index (χ2v) is 5.59. The number of hydrazone groups is 1. The van der Waals surface area contributed by atoms with Crippen LogP contribution in [0.15, 0.2) is 33.9 Å². The lowest BCUT2D eigenvalue weighted by molar-refractivity contribution is -0.142. The van der Waals surface area contributed by atoms with Gasteiger partial charge in [-0.1, -0.05) is 0 Å². The molecule has 0 unspecified atom stereocenters. The Morgan fingerprint density at radius 3 is 3.17 bits per heavy atom. The summed E-state index contributed by atoms with van der Waals surface area (Å²) in [4.78, 5) is 11.0. The topological polar surface area (TPSA) is 116 Å². The van der Waals surface area contributed by atoms with Crippen molar-refractivity contribution in [1.82, 2.24) is 20.9 Å². The Morgan fingerprint density at radius 2 is 2.39 bits per heavy atom. The molecule has 0 aromatic carbocycles. The Labute approximate surface area is 133 Å². The van der Waals surface area contributed by atoms with E-state index in [1.165, 1.54) is 0 Å². The molecule has 2 aromatic rings. The number of aromatic amines is 1. The Hall–Kier alpha value is -2.61. The van der Waals surface area contributed by atoms with E-state index in [2.05, 4.69) is 26.0 Å².